The average Bonchev–Trinajstić information content (AvgIpc) is 2.03. The predicted octanol–water partition coefficient (Wildman–Crippen LogP) is 0.798. The molecule has 57 valence electrons. The molecule has 0 fully saturated rings. The standard InChI is InChI=1S/C7H5FO2.Bi.H/c8-6-3-1-2-5(4-6)7(9)10;;/h1-4H,(H,9,10);;/q;+1;/p-1. The number of hydrogen-bond donors (Lipinski definition) is 0. The van der Waals surface area contributed by atoms with Crippen LogP contribution in [-0.2, 0) is 2.81 Å². The monoisotopic (exact) mass is 349 g/mol. The molecular formula is C7H5BiFO2. The van der Waals surface area contributed by atoms with Gasteiger partial charge >= 0.3 is 78.8 Å². The van der Waals surface area contributed by atoms with Crippen LogP contribution in [0.2, 0.25) is 0 Å². The van der Waals surface area contributed by atoms with E-state index in [2.05, 4.69) is 2.81 Å². The maximum absolute atomic E-state index is 12.5. The van der Waals surface area contributed by atoms with Crippen molar-refractivity contribution in [3.63, 3.8) is 0 Å². The van der Waals surface area contributed by atoms with Gasteiger partial charge in [0.2, 0.25) is 0 Å². The fourth-order valence-corrected chi connectivity index (χ4v) is 1.13. The van der Waals surface area contributed by atoms with Crippen LogP contribution in [0.4, 0.5) is 4.39 Å². The van der Waals surface area contributed by atoms with Crippen molar-refractivity contribution in [2.45, 2.75) is 0 Å². The Bertz CT molecular complexity index is 275. The molecule has 0 aromatic heterocycles. The van der Waals surface area contributed by atoms with Crippen LogP contribution in [0.1, 0.15) is 10.4 Å². The van der Waals surface area contributed by atoms with Crippen LogP contribution in [0, 0.1) is 5.82 Å². The third-order valence-corrected chi connectivity index (χ3v) is 1.87. The molecule has 0 aliphatic rings. The average molecular weight is 349 g/mol. The summed E-state index contributed by atoms with van der Waals surface area (Å²) in [5.74, 6) is -0.884. The molecule has 2 nitrogen and oxygen atoms in total. The van der Waals surface area contributed by atoms with Crippen LogP contribution < -0.4 is 0 Å². The summed E-state index contributed by atoms with van der Waals surface area (Å²) in [4.78, 5) is 10.8. The molecule has 1 aromatic rings. The third kappa shape index (κ3) is 2.23. The van der Waals surface area contributed by atoms with Crippen molar-refractivity contribution in [3.8, 4) is 0 Å². The van der Waals surface area contributed by atoms with Gasteiger partial charge in [-0.3, -0.25) is 0 Å². The Balaban J connectivity index is 2.96. The Labute approximate surface area is 78.8 Å². The van der Waals surface area contributed by atoms with Crippen molar-refractivity contribution in [3.05, 3.63) is 35.6 Å². The van der Waals surface area contributed by atoms with Crippen LogP contribution in [0.25, 0.3) is 0 Å². The van der Waals surface area contributed by atoms with E-state index in [1.807, 2.05) is 0 Å². The third-order valence-electron chi connectivity index (χ3n) is 1.15. The number of benzene rings is 1. The fraction of sp³-hybridized carbons (Fsp3) is 0. The number of carbonyl (C=O) groups excluding carboxylic acids is 1. The summed E-state index contributed by atoms with van der Waals surface area (Å²) in [6.07, 6.45) is 0. The zero-order valence-electron chi connectivity index (χ0n) is 5.50. The number of rotatable bonds is 1. The first kappa shape index (κ1) is 8.60. The van der Waals surface area contributed by atoms with E-state index in [-0.39, 0.29) is 5.56 Å². The Hall–Kier alpha value is -0.497. The topological polar surface area (TPSA) is 26.3 Å². The molecule has 0 aliphatic heterocycles. The van der Waals surface area contributed by atoms with Crippen molar-refractivity contribution >= 4 is 31.1 Å². The molecule has 0 saturated carbocycles. The molecule has 0 aliphatic carbocycles. The molecule has 11 heavy (non-hydrogen) atoms. The van der Waals surface area contributed by atoms with Gasteiger partial charge in [-0.15, -0.1) is 0 Å². The first-order chi connectivity index (χ1) is 5.24. The van der Waals surface area contributed by atoms with E-state index in [4.69, 9.17) is 0 Å². The van der Waals surface area contributed by atoms with Crippen molar-refractivity contribution in [2.24, 2.45) is 0 Å². The van der Waals surface area contributed by atoms with Gasteiger partial charge in [-0.05, 0) is 0 Å². The SMILES string of the molecule is O=C([O][BiH])c1cccc(F)c1. The van der Waals surface area contributed by atoms with Gasteiger partial charge in [-0.25, -0.2) is 0 Å². The minimum absolute atomic E-state index is 0.264. The van der Waals surface area contributed by atoms with Crippen LogP contribution in [0.3, 0.4) is 0 Å². The summed E-state index contributed by atoms with van der Waals surface area (Å²) in [5.41, 5.74) is 0.264. The van der Waals surface area contributed by atoms with E-state index in [1.54, 1.807) is 0 Å². The molecule has 1 aromatic carbocycles. The molecule has 0 unspecified atom stereocenters. The molecular weight excluding hydrogens is 344 g/mol. The van der Waals surface area contributed by atoms with E-state index in [9.17, 15) is 9.18 Å². The van der Waals surface area contributed by atoms with Gasteiger partial charge in [-0.2, -0.15) is 0 Å². The summed E-state index contributed by atoms with van der Waals surface area (Å²) in [6, 6.07) is 5.43. The molecule has 0 N–H and O–H groups in total. The minimum atomic E-state index is -0.462. The van der Waals surface area contributed by atoms with Gasteiger partial charge in [0.05, 0.1) is 0 Å². The van der Waals surface area contributed by atoms with E-state index < -0.39 is 11.8 Å². The molecule has 1 radical (unpaired) electrons. The van der Waals surface area contributed by atoms with Gasteiger partial charge in [0, 0.05) is 0 Å². The molecule has 0 saturated heterocycles. The maximum atomic E-state index is 12.5. The van der Waals surface area contributed by atoms with E-state index in [1.165, 1.54) is 18.2 Å². The molecule has 0 amide bonds. The second kappa shape index (κ2) is 3.77. The zero-order valence-corrected chi connectivity index (χ0v) is 9.39. The molecule has 4 heteroatoms. The van der Waals surface area contributed by atoms with E-state index >= 15 is 0 Å². The molecule has 1 rings (SSSR count). The first-order valence-electron chi connectivity index (χ1n) is 2.87. The summed E-state index contributed by atoms with van der Waals surface area (Å²) < 4.78 is 17.0. The Morgan fingerprint density at radius 3 is 2.82 bits per heavy atom. The zero-order chi connectivity index (χ0) is 8.27. The summed E-state index contributed by atoms with van der Waals surface area (Å²) in [6.45, 7) is 0. The molecule has 0 bridgehead atoms. The second-order valence-electron chi connectivity index (χ2n) is 1.90. The van der Waals surface area contributed by atoms with Crippen molar-refractivity contribution in [1.29, 1.82) is 0 Å². The van der Waals surface area contributed by atoms with Gasteiger partial charge in [0.25, 0.3) is 0 Å². The van der Waals surface area contributed by atoms with Crippen molar-refractivity contribution in [2.75, 3.05) is 0 Å². The number of hydrogen-bond acceptors (Lipinski definition) is 2. The van der Waals surface area contributed by atoms with Gasteiger partial charge in [0.15, 0.2) is 0 Å². The van der Waals surface area contributed by atoms with Gasteiger partial charge < -0.3 is 0 Å². The molecule has 0 heterocycles. The predicted molar refractivity (Wildman–Crippen MR) is 39.0 cm³/mol. The van der Waals surface area contributed by atoms with Crippen LogP contribution in [0.15, 0.2) is 24.3 Å². The van der Waals surface area contributed by atoms with Gasteiger partial charge in [0.1, 0.15) is 0 Å². The first-order valence-corrected chi connectivity index (χ1v) is 4.46. The van der Waals surface area contributed by atoms with E-state index in [0.717, 1.165) is 6.07 Å². The van der Waals surface area contributed by atoms with Crippen LogP contribution >= 0.6 is 0 Å². The second-order valence-corrected chi connectivity index (χ2v) is 2.69. The van der Waals surface area contributed by atoms with Crippen LogP contribution in [-0.4, -0.2) is 31.1 Å². The fourth-order valence-electron chi connectivity index (χ4n) is 0.674. The van der Waals surface area contributed by atoms with Gasteiger partial charge in [-0.1, -0.05) is 0 Å². The Kier molecular flexibility index (Phi) is 2.95. The number of carbonyl (C=O) groups is 1. The van der Waals surface area contributed by atoms with E-state index in [0.29, 0.717) is 25.2 Å². The Morgan fingerprint density at radius 1 is 1.55 bits per heavy atom. The summed E-state index contributed by atoms with van der Waals surface area (Å²) >= 11 is 0.334. The molecule has 0 spiro atoms. The van der Waals surface area contributed by atoms with Crippen LogP contribution in [0.5, 0.6) is 0 Å². The molecule has 0 atom stereocenters. The Morgan fingerprint density at radius 2 is 2.27 bits per heavy atom. The summed E-state index contributed by atoms with van der Waals surface area (Å²) in [5, 5.41) is 0. The summed E-state index contributed by atoms with van der Waals surface area (Å²) in [7, 11) is 0. The van der Waals surface area contributed by atoms with Crippen molar-refractivity contribution in [1.82, 2.24) is 0 Å². The quantitative estimate of drug-likeness (QED) is 0.702. The number of halogens is 1. The van der Waals surface area contributed by atoms with Crippen molar-refractivity contribution < 1.29 is 12.0 Å². The normalized spacial score (nSPS) is 9.27.